The standard InChI is InChI=1S/C8H11NO3/c1-2-7(6-9(10)11)8-4-3-5-12-8/h3-5,7H,2,6H2,1H3/t7-/m0/s1. The third kappa shape index (κ3) is 2.08. The van der Waals surface area contributed by atoms with Gasteiger partial charge in [-0.2, -0.15) is 0 Å². The minimum absolute atomic E-state index is 0.0516. The largest absolute Gasteiger partial charge is 0.469 e. The van der Waals surface area contributed by atoms with E-state index >= 15 is 0 Å². The molecule has 1 aromatic heterocycles. The zero-order valence-corrected chi connectivity index (χ0v) is 6.90. The fraction of sp³-hybridized carbons (Fsp3) is 0.500. The molecule has 66 valence electrons. The summed E-state index contributed by atoms with van der Waals surface area (Å²) < 4.78 is 5.08. The maximum atomic E-state index is 10.2. The number of nitro groups is 1. The number of hydrogen-bond acceptors (Lipinski definition) is 3. The molecule has 0 radical (unpaired) electrons. The van der Waals surface area contributed by atoms with Crippen molar-refractivity contribution in [3.05, 3.63) is 34.3 Å². The smallest absolute Gasteiger partial charge is 0.213 e. The molecular weight excluding hydrogens is 158 g/mol. The summed E-state index contributed by atoms with van der Waals surface area (Å²) in [5.41, 5.74) is 0. The van der Waals surface area contributed by atoms with Crippen molar-refractivity contribution >= 4 is 0 Å². The number of furan rings is 1. The maximum absolute atomic E-state index is 10.2. The molecule has 1 rings (SSSR count). The van der Waals surface area contributed by atoms with Crippen molar-refractivity contribution in [2.24, 2.45) is 0 Å². The van der Waals surface area contributed by atoms with Crippen molar-refractivity contribution < 1.29 is 9.34 Å². The van der Waals surface area contributed by atoms with E-state index in [9.17, 15) is 10.1 Å². The van der Waals surface area contributed by atoms with Gasteiger partial charge in [-0.25, -0.2) is 0 Å². The predicted molar refractivity (Wildman–Crippen MR) is 43.6 cm³/mol. The molecule has 0 aliphatic carbocycles. The van der Waals surface area contributed by atoms with Crippen molar-refractivity contribution in [3.8, 4) is 0 Å². The fourth-order valence-corrected chi connectivity index (χ4v) is 1.12. The molecule has 0 amide bonds. The van der Waals surface area contributed by atoms with E-state index in [2.05, 4.69) is 0 Å². The molecule has 0 spiro atoms. The van der Waals surface area contributed by atoms with Gasteiger partial charge in [0.2, 0.25) is 6.54 Å². The van der Waals surface area contributed by atoms with Gasteiger partial charge in [0.25, 0.3) is 0 Å². The average molecular weight is 169 g/mol. The van der Waals surface area contributed by atoms with Crippen LogP contribution in [0.5, 0.6) is 0 Å². The lowest BCUT2D eigenvalue weighted by Crippen LogP contribution is -2.10. The van der Waals surface area contributed by atoms with Gasteiger partial charge in [-0.05, 0) is 18.6 Å². The summed E-state index contributed by atoms with van der Waals surface area (Å²) in [5, 5.41) is 10.2. The Kier molecular flexibility index (Phi) is 2.85. The molecule has 0 aromatic carbocycles. The fourth-order valence-electron chi connectivity index (χ4n) is 1.12. The van der Waals surface area contributed by atoms with E-state index in [0.29, 0.717) is 5.76 Å². The summed E-state index contributed by atoms with van der Waals surface area (Å²) in [4.78, 5) is 9.92. The Hall–Kier alpha value is -1.32. The number of nitrogens with zero attached hydrogens (tertiary/aromatic N) is 1. The highest BCUT2D eigenvalue weighted by molar-refractivity contribution is 5.04. The van der Waals surface area contributed by atoms with Gasteiger partial charge in [0.1, 0.15) is 5.76 Å². The van der Waals surface area contributed by atoms with Gasteiger partial charge in [0.05, 0.1) is 12.2 Å². The van der Waals surface area contributed by atoms with Crippen LogP contribution in [-0.4, -0.2) is 11.5 Å². The minimum Gasteiger partial charge on any atom is -0.469 e. The minimum atomic E-state index is -0.309. The Morgan fingerprint density at radius 1 is 1.75 bits per heavy atom. The molecule has 4 heteroatoms. The second-order valence-electron chi connectivity index (χ2n) is 2.64. The van der Waals surface area contributed by atoms with E-state index in [1.165, 1.54) is 6.26 Å². The highest BCUT2D eigenvalue weighted by Gasteiger charge is 2.17. The summed E-state index contributed by atoms with van der Waals surface area (Å²) >= 11 is 0. The van der Waals surface area contributed by atoms with Crippen LogP contribution in [0, 0.1) is 10.1 Å². The molecule has 12 heavy (non-hydrogen) atoms. The van der Waals surface area contributed by atoms with Crippen LogP contribution in [0.25, 0.3) is 0 Å². The first-order valence-corrected chi connectivity index (χ1v) is 3.89. The monoisotopic (exact) mass is 169 g/mol. The molecule has 1 atom stereocenters. The molecule has 0 fully saturated rings. The summed E-state index contributed by atoms with van der Waals surface area (Å²) in [5.74, 6) is 0.615. The van der Waals surface area contributed by atoms with Crippen molar-refractivity contribution in [1.82, 2.24) is 0 Å². The van der Waals surface area contributed by atoms with E-state index in [-0.39, 0.29) is 17.4 Å². The van der Waals surface area contributed by atoms with Crippen molar-refractivity contribution in [1.29, 1.82) is 0 Å². The van der Waals surface area contributed by atoms with Gasteiger partial charge in [-0.15, -0.1) is 0 Å². The molecule has 0 saturated heterocycles. The topological polar surface area (TPSA) is 56.3 Å². The van der Waals surface area contributed by atoms with Gasteiger partial charge >= 0.3 is 0 Å². The second-order valence-corrected chi connectivity index (χ2v) is 2.64. The third-order valence-electron chi connectivity index (χ3n) is 1.81. The molecule has 1 aromatic rings. The molecule has 1 heterocycles. The van der Waals surface area contributed by atoms with E-state index in [1.807, 2.05) is 6.92 Å². The zero-order chi connectivity index (χ0) is 8.97. The first-order valence-electron chi connectivity index (χ1n) is 3.89. The van der Waals surface area contributed by atoms with Crippen LogP contribution in [0.15, 0.2) is 22.8 Å². The summed E-state index contributed by atoms with van der Waals surface area (Å²) in [6, 6.07) is 3.52. The normalized spacial score (nSPS) is 12.8. The molecule has 0 unspecified atom stereocenters. The zero-order valence-electron chi connectivity index (χ0n) is 6.90. The van der Waals surface area contributed by atoms with E-state index in [4.69, 9.17) is 4.42 Å². The Balaban J connectivity index is 2.63. The van der Waals surface area contributed by atoms with Crippen LogP contribution < -0.4 is 0 Å². The third-order valence-corrected chi connectivity index (χ3v) is 1.81. The molecular formula is C8H11NO3. The van der Waals surface area contributed by atoms with Crippen molar-refractivity contribution in [2.75, 3.05) is 6.54 Å². The highest BCUT2D eigenvalue weighted by Crippen LogP contribution is 2.19. The lowest BCUT2D eigenvalue weighted by atomic mass is 10.0. The summed E-state index contributed by atoms with van der Waals surface area (Å²) in [7, 11) is 0. The van der Waals surface area contributed by atoms with Crippen molar-refractivity contribution in [2.45, 2.75) is 19.3 Å². The summed E-state index contributed by atoms with van der Waals surface area (Å²) in [6.45, 7) is 1.86. The van der Waals surface area contributed by atoms with Gasteiger partial charge in [-0.1, -0.05) is 6.92 Å². The van der Waals surface area contributed by atoms with Crippen LogP contribution in [0.2, 0.25) is 0 Å². The highest BCUT2D eigenvalue weighted by atomic mass is 16.6. The van der Waals surface area contributed by atoms with Crippen molar-refractivity contribution in [3.63, 3.8) is 0 Å². The predicted octanol–water partition coefficient (Wildman–Crippen LogP) is 2.05. The Labute approximate surface area is 70.3 Å². The Morgan fingerprint density at radius 2 is 2.50 bits per heavy atom. The van der Waals surface area contributed by atoms with E-state index in [1.54, 1.807) is 12.1 Å². The van der Waals surface area contributed by atoms with E-state index in [0.717, 1.165) is 6.42 Å². The first-order chi connectivity index (χ1) is 5.74. The SMILES string of the molecule is CC[C@@H](C[N+](=O)[O-])c1ccco1. The molecule has 0 bridgehead atoms. The summed E-state index contributed by atoms with van der Waals surface area (Å²) in [6.07, 6.45) is 2.27. The first kappa shape index (κ1) is 8.77. The molecule has 4 nitrogen and oxygen atoms in total. The number of rotatable bonds is 4. The Bertz CT molecular complexity index is 243. The van der Waals surface area contributed by atoms with Crippen LogP contribution >= 0.6 is 0 Å². The quantitative estimate of drug-likeness (QED) is 0.512. The van der Waals surface area contributed by atoms with Crippen LogP contribution in [-0.2, 0) is 0 Å². The Morgan fingerprint density at radius 3 is 2.92 bits per heavy atom. The van der Waals surface area contributed by atoms with Crippen LogP contribution in [0.3, 0.4) is 0 Å². The van der Waals surface area contributed by atoms with Gasteiger partial charge in [-0.3, -0.25) is 10.1 Å². The van der Waals surface area contributed by atoms with E-state index < -0.39 is 0 Å². The number of hydrogen-bond donors (Lipinski definition) is 0. The molecule has 0 N–H and O–H groups in total. The van der Waals surface area contributed by atoms with Gasteiger partial charge < -0.3 is 4.42 Å². The average Bonchev–Trinajstić information content (AvgIpc) is 2.51. The molecule has 0 aliphatic heterocycles. The van der Waals surface area contributed by atoms with Gasteiger partial charge in [0, 0.05) is 4.92 Å². The maximum Gasteiger partial charge on any atom is 0.213 e. The van der Waals surface area contributed by atoms with Crippen LogP contribution in [0.4, 0.5) is 0 Å². The molecule has 0 aliphatic rings. The molecule has 0 saturated carbocycles. The van der Waals surface area contributed by atoms with Crippen LogP contribution in [0.1, 0.15) is 25.0 Å². The lowest BCUT2D eigenvalue weighted by molar-refractivity contribution is -0.483. The second kappa shape index (κ2) is 3.90. The lowest BCUT2D eigenvalue weighted by Gasteiger charge is -2.05. The van der Waals surface area contributed by atoms with Gasteiger partial charge in [0.15, 0.2) is 0 Å².